The van der Waals surface area contributed by atoms with Crippen molar-refractivity contribution in [3.05, 3.63) is 24.3 Å². The topological polar surface area (TPSA) is 117 Å². The van der Waals surface area contributed by atoms with Gasteiger partial charge in [0, 0.05) is 11.3 Å². The van der Waals surface area contributed by atoms with Crippen LogP contribution < -0.4 is 16.0 Å². The monoisotopic (exact) mass is 404 g/mol. The normalized spacial score (nSPS) is 32.1. The molecule has 0 spiro atoms. The number of carbonyl (C=O) groups is 3. The molecule has 0 saturated heterocycles. The smallest absolute Gasteiger partial charge is 0.331 e. The largest absolute Gasteiger partial charge is 0.495 e. The Morgan fingerprint density at radius 1 is 1.17 bits per heavy atom. The van der Waals surface area contributed by atoms with Crippen molar-refractivity contribution in [2.45, 2.75) is 33.1 Å². The van der Waals surface area contributed by atoms with Crippen molar-refractivity contribution < 1.29 is 28.7 Å². The van der Waals surface area contributed by atoms with Gasteiger partial charge in [-0.15, -0.1) is 0 Å². The summed E-state index contributed by atoms with van der Waals surface area (Å²) in [5.74, 6) is 3.14. The molecule has 158 valence electrons. The van der Waals surface area contributed by atoms with E-state index in [1.54, 1.807) is 24.3 Å². The average molecular weight is 404 g/mol. The van der Waals surface area contributed by atoms with Crippen LogP contribution in [0.4, 0.5) is 5.69 Å². The first-order valence-corrected chi connectivity index (χ1v) is 9.81. The number of nitrogens with two attached hydrogens (primary N) is 1. The van der Waals surface area contributed by atoms with E-state index in [-0.39, 0.29) is 18.2 Å². The molecular formula is C21H28N2O6. The van der Waals surface area contributed by atoms with E-state index in [9.17, 15) is 14.4 Å². The van der Waals surface area contributed by atoms with Crippen LogP contribution in [0.3, 0.4) is 0 Å². The SMILES string of the molecule is CCC1(C(=O)ON)CC(C(=O)Nc2ccccc2OC)C2C(C(=O)OC)C21CC. The van der Waals surface area contributed by atoms with E-state index in [1.807, 2.05) is 13.8 Å². The number of amides is 1. The average Bonchev–Trinajstić information content (AvgIpc) is 3.34. The number of ether oxygens (including phenoxy) is 2. The maximum Gasteiger partial charge on any atom is 0.331 e. The van der Waals surface area contributed by atoms with Gasteiger partial charge in [-0.05, 0) is 37.3 Å². The summed E-state index contributed by atoms with van der Waals surface area (Å²) in [6, 6.07) is 7.08. The quantitative estimate of drug-likeness (QED) is 0.529. The Morgan fingerprint density at radius 2 is 1.86 bits per heavy atom. The van der Waals surface area contributed by atoms with E-state index in [2.05, 4.69) is 10.2 Å². The van der Waals surface area contributed by atoms with Gasteiger partial charge in [-0.2, -0.15) is 5.90 Å². The first-order chi connectivity index (χ1) is 13.9. The summed E-state index contributed by atoms with van der Waals surface area (Å²) >= 11 is 0. The highest BCUT2D eigenvalue weighted by Gasteiger charge is 2.84. The van der Waals surface area contributed by atoms with Crippen LogP contribution in [-0.4, -0.2) is 32.1 Å². The Hall–Kier alpha value is -2.61. The van der Waals surface area contributed by atoms with Gasteiger partial charge in [-0.25, -0.2) is 4.79 Å². The molecule has 0 bridgehead atoms. The van der Waals surface area contributed by atoms with Crippen LogP contribution >= 0.6 is 0 Å². The van der Waals surface area contributed by atoms with Crippen LogP contribution in [0.5, 0.6) is 5.75 Å². The van der Waals surface area contributed by atoms with Crippen LogP contribution in [0.2, 0.25) is 0 Å². The highest BCUT2D eigenvalue weighted by Crippen LogP contribution is 2.80. The molecule has 8 heteroatoms. The van der Waals surface area contributed by atoms with Gasteiger partial charge < -0.3 is 19.6 Å². The fourth-order valence-electron chi connectivity index (χ4n) is 5.88. The summed E-state index contributed by atoms with van der Waals surface area (Å²) < 4.78 is 10.3. The zero-order valence-electron chi connectivity index (χ0n) is 17.2. The molecule has 5 atom stereocenters. The van der Waals surface area contributed by atoms with Gasteiger partial charge >= 0.3 is 11.9 Å². The highest BCUT2D eigenvalue weighted by molar-refractivity contribution is 5.98. The molecule has 1 amide bonds. The predicted octanol–water partition coefficient (Wildman–Crippen LogP) is 2.28. The molecule has 8 nitrogen and oxygen atoms in total. The lowest BCUT2D eigenvalue weighted by Gasteiger charge is -2.35. The Kier molecular flexibility index (Phi) is 5.58. The van der Waals surface area contributed by atoms with Crippen LogP contribution in [0, 0.1) is 28.6 Å². The first kappa shape index (κ1) is 21.1. The second-order valence-corrected chi connectivity index (χ2v) is 7.76. The number of hydrogen-bond acceptors (Lipinski definition) is 7. The number of esters is 1. The fraction of sp³-hybridized carbons (Fsp3) is 0.571. The van der Waals surface area contributed by atoms with E-state index >= 15 is 0 Å². The summed E-state index contributed by atoms with van der Waals surface area (Å²) in [5.41, 5.74) is -1.18. The third-order valence-corrected chi connectivity index (χ3v) is 7.14. The number of para-hydroxylation sites is 2. The molecule has 2 aliphatic carbocycles. The van der Waals surface area contributed by atoms with Crippen LogP contribution in [-0.2, 0) is 24.0 Å². The Morgan fingerprint density at radius 3 is 2.41 bits per heavy atom. The van der Waals surface area contributed by atoms with Gasteiger partial charge in [0.25, 0.3) is 0 Å². The number of carbonyl (C=O) groups excluding carboxylic acids is 3. The van der Waals surface area contributed by atoms with Crippen molar-refractivity contribution in [1.29, 1.82) is 0 Å². The Bertz CT molecular complexity index is 827. The van der Waals surface area contributed by atoms with Gasteiger partial charge in [0.2, 0.25) is 5.91 Å². The standard InChI is InChI=1S/C21H28N2O6/c1-5-20(19(26)29-22)11-12(15-16(18(25)28-4)21(15,20)6-2)17(24)23-13-9-7-8-10-14(13)27-3/h7-10,12,15-16H,5-6,11,22H2,1-4H3,(H,23,24). The van der Waals surface area contributed by atoms with E-state index in [1.165, 1.54) is 14.2 Å². The maximum absolute atomic E-state index is 13.2. The van der Waals surface area contributed by atoms with Crippen molar-refractivity contribution in [2.75, 3.05) is 19.5 Å². The summed E-state index contributed by atoms with van der Waals surface area (Å²) in [5, 5.41) is 2.90. The zero-order chi connectivity index (χ0) is 21.4. The summed E-state index contributed by atoms with van der Waals surface area (Å²) in [7, 11) is 2.84. The van der Waals surface area contributed by atoms with Crippen LogP contribution in [0.1, 0.15) is 33.1 Å². The lowest BCUT2D eigenvalue weighted by molar-refractivity contribution is -0.164. The molecule has 0 heterocycles. The molecule has 2 aliphatic rings. The van der Waals surface area contributed by atoms with Crippen molar-refractivity contribution in [3.63, 3.8) is 0 Å². The van der Waals surface area contributed by atoms with Gasteiger partial charge in [0.15, 0.2) is 0 Å². The maximum atomic E-state index is 13.2. The van der Waals surface area contributed by atoms with E-state index < -0.39 is 34.6 Å². The number of hydrogen-bond donors (Lipinski definition) is 2. The zero-order valence-corrected chi connectivity index (χ0v) is 17.2. The lowest BCUT2D eigenvalue weighted by atomic mass is 9.67. The minimum Gasteiger partial charge on any atom is -0.495 e. The highest BCUT2D eigenvalue weighted by atomic mass is 16.7. The first-order valence-electron chi connectivity index (χ1n) is 9.81. The number of rotatable bonds is 7. The molecule has 1 aromatic rings. The van der Waals surface area contributed by atoms with Gasteiger partial charge in [0.1, 0.15) is 5.75 Å². The van der Waals surface area contributed by atoms with E-state index in [4.69, 9.17) is 15.4 Å². The molecule has 0 aromatic heterocycles. The van der Waals surface area contributed by atoms with Crippen molar-refractivity contribution in [1.82, 2.24) is 0 Å². The third kappa shape index (κ3) is 2.80. The van der Waals surface area contributed by atoms with Crippen LogP contribution in [0.15, 0.2) is 24.3 Å². The molecule has 0 radical (unpaired) electrons. The van der Waals surface area contributed by atoms with Crippen molar-refractivity contribution in [3.8, 4) is 5.75 Å². The molecular weight excluding hydrogens is 376 g/mol. The molecule has 3 rings (SSSR count). The third-order valence-electron chi connectivity index (χ3n) is 7.14. The molecule has 2 fully saturated rings. The lowest BCUT2D eigenvalue weighted by Crippen LogP contribution is -2.43. The second-order valence-electron chi connectivity index (χ2n) is 7.76. The minimum absolute atomic E-state index is 0.260. The molecule has 5 unspecified atom stereocenters. The Balaban J connectivity index is 1.99. The summed E-state index contributed by atoms with van der Waals surface area (Å²) in [6.07, 6.45) is 1.23. The van der Waals surface area contributed by atoms with E-state index in [0.717, 1.165) is 0 Å². The molecule has 3 N–H and O–H groups in total. The second kappa shape index (κ2) is 7.67. The number of anilines is 1. The van der Waals surface area contributed by atoms with E-state index in [0.29, 0.717) is 24.3 Å². The molecule has 2 saturated carbocycles. The van der Waals surface area contributed by atoms with Gasteiger partial charge in [-0.3, -0.25) is 9.59 Å². The predicted molar refractivity (Wildman–Crippen MR) is 104 cm³/mol. The summed E-state index contributed by atoms with van der Waals surface area (Å²) in [6.45, 7) is 3.78. The molecule has 29 heavy (non-hydrogen) atoms. The minimum atomic E-state index is -1.01. The number of benzene rings is 1. The van der Waals surface area contributed by atoms with Crippen molar-refractivity contribution in [2.24, 2.45) is 34.5 Å². The number of fused-ring (bicyclic) bond motifs is 1. The number of methoxy groups -OCH3 is 2. The Labute approximate surface area is 170 Å². The molecule has 1 aromatic carbocycles. The van der Waals surface area contributed by atoms with Gasteiger partial charge in [-0.1, -0.05) is 26.0 Å². The molecule has 0 aliphatic heterocycles. The fourth-order valence-corrected chi connectivity index (χ4v) is 5.88. The van der Waals surface area contributed by atoms with Crippen LogP contribution in [0.25, 0.3) is 0 Å². The summed E-state index contributed by atoms with van der Waals surface area (Å²) in [4.78, 5) is 43.2. The van der Waals surface area contributed by atoms with Gasteiger partial charge in [0.05, 0.1) is 31.2 Å². The van der Waals surface area contributed by atoms with Crippen molar-refractivity contribution >= 4 is 23.5 Å². The number of nitrogens with one attached hydrogen (secondary N) is 1.